The molecule has 3 N–H and O–H groups in total. The van der Waals surface area contributed by atoms with Gasteiger partial charge in [-0.1, -0.05) is 13.3 Å². The lowest BCUT2D eigenvalue weighted by Crippen LogP contribution is -2.32. The van der Waals surface area contributed by atoms with Gasteiger partial charge in [0.1, 0.15) is 17.3 Å². The van der Waals surface area contributed by atoms with Crippen molar-refractivity contribution in [2.24, 2.45) is 5.10 Å². The van der Waals surface area contributed by atoms with Gasteiger partial charge in [-0.25, -0.2) is 9.82 Å². The van der Waals surface area contributed by atoms with Gasteiger partial charge in [0.15, 0.2) is 6.61 Å². The number of hydrogen-bond donors (Lipinski definition) is 3. The minimum Gasteiger partial charge on any atom is -0.494 e. The summed E-state index contributed by atoms with van der Waals surface area (Å²) in [5.74, 6) is -1.45. The zero-order valence-corrected chi connectivity index (χ0v) is 20.2. The third kappa shape index (κ3) is 9.44. The van der Waals surface area contributed by atoms with Crippen LogP contribution in [0.1, 0.15) is 25.3 Å². The highest BCUT2D eigenvalue weighted by atomic mass is 19.1. The molecule has 9 nitrogen and oxygen atoms in total. The van der Waals surface area contributed by atoms with E-state index in [2.05, 4.69) is 28.1 Å². The van der Waals surface area contributed by atoms with Crippen LogP contribution in [0.3, 0.4) is 0 Å². The number of amides is 3. The Hall–Kier alpha value is -4.73. The number of hydrazone groups is 1. The van der Waals surface area contributed by atoms with Crippen molar-refractivity contribution in [1.82, 2.24) is 5.43 Å². The molecule has 0 fully saturated rings. The van der Waals surface area contributed by atoms with E-state index in [9.17, 15) is 18.8 Å². The summed E-state index contributed by atoms with van der Waals surface area (Å²) < 4.78 is 23.9. The normalized spacial score (nSPS) is 10.5. The Kier molecular flexibility index (Phi) is 10.2. The molecule has 0 aromatic heterocycles. The molecule has 3 amide bonds. The van der Waals surface area contributed by atoms with Crippen LogP contribution in [0.2, 0.25) is 0 Å². The molecule has 0 radical (unpaired) electrons. The molecule has 0 saturated carbocycles. The molecular formula is C27H27FN4O5. The molecule has 0 saturated heterocycles. The van der Waals surface area contributed by atoms with E-state index in [4.69, 9.17) is 9.47 Å². The second-order valence-electron chi connectivity index (χ2n) is 7.79. The summed E-state index contributed by atoms with van der Waals surface area (Å²) in [4.78, 5) is 36.0. The summed E-state index contributed by atoms with van der Waals surface area (Å²) in [5.41, 5.74) is 3.71. The SMILES string of the molecule is CCCCOc1ccc(NC(=O)C(=O)N/N=C\c2ccc(OCC(=O)Nc3ccc(F)cc3)cc2)cc1. The van der Waals surface area contributed by atoms with Crippen LogP contribution in [0.4, 0.5) is 15.8 Å². The highest BCUT2D eigenvalue weighted by molar-refractivity contribution is 6.39. The van der Waals surface area contributed by atoms with Crippen molar-refractivity contribution in [2.45, 2.75) is 19.8 Å². The monoisotopic (exact) mass is 506 g/mol. The smallest absolute Gasteiger partial charge is 0.329 e. The molecular weight excluding hydrogens is 479 g/mol. The van der Waals surface area contributed by atoms with Crippen molar-refractivity contribution in [3.63, 3.8) is 0 Å². The van der Waals surface area contributed by atoms with Gasteiger partial charge in [0.05, 0.1) is 12.8 Å². The second-order valence-corrected chi connectivity index (χ2v) is 7.79. The standard InChI is InChI=1S/C27H27FN4O5/c1-2-3-16-36-23-14-10-22(11-15-23)31-26(34)27(35)32-29-17-19-4-12-24(13-5-19)37-18-25(33)30-21-8-6-20(28)7-9-21/h4-15,17H,2-3,16,18H2,1H3,(H,30,33)(H,31,34)(H,32,35)/b29-17-. The summed E-state index contributed by atoms with van der Waals surface area (Å²) in [5, 5.41) is 8.86. The van der Waals surface area contributed by atoms with Crippen LogP contribution >= 0.6 is 0 Å². The number of carbonyl (C=O) groups is 3. The second kappa shape index (κ2) is 14.0. The lowest BCUT2D eigenvalue weighted by atomic mass is 10.2. The minimum absolute atomic E-state index is 0.232. The Morgan fingerprint density at radius 3 is 2.08 bits per heavy atom. The van der Waals surface area contributed by atoms with Gasteiger partial charge in [0.2, 0.25) is 0 Å². The van der Waals surface area contributed by atoms with Crippen LogP contribution in [0.15, 0.2) is 77.9 Å². The molecule has 0 aliphatic rings. The first-order chi connectivity index (χ1) is 17.9. The number of carbonyl (C=O) groups excluding carboxylic acids is 3. The Morgan fingerprint density at radius 2 is 1.41 bits per heavy atom. The van der Waals surface area contributed by atoms with Gasteiger partial charge in [-0.3, -0.25) is 14.4 Å². The number of unbranched alkanes of at least 4 members (excludes halogenated alkanes) is 1. The third-order valence-corrected chi connectivity index (χ3v) is 4.84. The number of anilines is 2. The molecule has 192 valence electrons. The first-order valence-electron chi connectivity index (χ1n) is 11.6. The van der Waals surface area contributed by atoms with Crippen molar-refractivity contribution in [1.29, 1.82) is 0 Å². The van der Waals surface area contributed by atoms with E-state index >= 15 is 0 Å². The molecule has 0 unspecified atom stereocenters. The fourth-order valence-electron chi connectivity index (χ4n) is 2.90. The predicted octanol–water partition coefficient (Wildman–Crippen LogP) is 4.11. The van der Waals surface area contributed by atoms with Crippen LogP contribution < -0.4 is 25.5 Å². The van der Waals surface area contributed by atoms with Crippen LogP contribution in [0.5, 0.6) is 11.5 Å². The van der Waals surface area contributed by atoms with Crippen molar-refractivity contribution in [2.75, 3.05) is 23.8 Å². The number of hydrogen-bond acceptors (Lipinski definition) is 6. The molecule has 0 aliphatic carbocycles. The van der Waals surface area contributed by atoms with Crippen molar-refractivity contribution in [3.8, 4) is 11.5 Å². The van der Waals surface area contributed by atoms with Gasteiger partial charge < -0.3 is 20.1 Å². The fraction of sp³-hybridized carbons (Fsp3) is 0.185. The molecule has 37 heavy (non-hydrogen) atoms. The lowest BCUT2D eigenvalue weighted by molar-refractivity contribution is -0.136. The maximum Gasteiger partial charge on any atom is 0.329 e. The summed E-state index contributed by atoms with van der Waals surface area (Å²) >= 11 is 0. The predicted molar refractivity (Wildman–Crippen MR) is 138 cm³/mol. The minimum atomic E-state index is -0.924. The Morgan fingerprint density at radius 1 is 0.811 bits per heavy atom. The summed E-state index contributed by atoms with van der Waals surface area (Å²) in [6.07, 6.45) is 3.35. The first-order valence-corrected chi connectivity index (χ1v) is 11.6. The first kappa shape index (κ1) is 26.9. The molecule has 3 aromatic carbocycles. The van der Waals surface area contributed by atoms with E-state index in [0.717, 1.165) is 12.8 Å². The van der Waals surface area contributed by atoms with Gasteiger partial charge in [0.25, 0.3) is 5.91 Å². The van der Waals surface area contributed by atoms with E-state index in [1.165, 1.54) is 30.5 Å². The molecule has 3 aromatic rings. The molecule has 0 atom stereocenters. The number of halogens is 1. The number of nitrogens with one attached hydrogen (secondary N) is 3. The molecule has 3 rings (SSSR count). The third-order valence-electron chi connectivity index (χ3n) is 4.84. The van der Waals surface area contributed by atoms with Gasteiger partial charge in [0, 0.05) is 11.4 Å². The molecule has 0 aliphatic heterocycles. The van der Waals surface area contributed by atoms with Gasteiger partial charge in [-0.05, 0) is 84.8 Å². The van der Waals surface area contributed by atoms with E-state index in [1.54, 1.807) is 48.5 Å². The Labute approximate surface area is 213 Å². The maximum atomic E-state index is 12.9. The Bertz CT molecular complexity index is 1210. The van der Waals surface area contributed by atoms with E-state index in [1.807, 2.05) is 0 Å². The quantitative estimate of drug-likeness (QED) is 0.157. The van der Waals surface area contributed by atoms with Gasteiger partial charge >= 0.3 is 11.8 Å². The number of nitrogens with zero attached hydrogens (tertiary/aromatic N) is 1. The van der Waals surface area contributed by atoms with E-state index in [0.29, 0.717) is 35.0 Å². The maximum absolute atomic E-state index is 12.9. The summed E-state index contributed by atoms with van der Waals surface area (Å²) in [6, 6.07) is 18.7. The summed E-state index contributed by atoms with van der Waals surface area (Å²) in [6.45, 7) is 2.46. The molecule has 10 heteroatoms. The van der Waals surface area contributed by atoms with Gasteiger partial charge in [-0.15, -0.1) is 0 Å². The molecule has 0 bridgehead atoms. The van der Waals surface area contributed by atoms with Crippen molar-refractivity contribution in [3.05, 3.63) is 84.2 Å². The lowest BCUT2D eigenvalue weighted by Gasteiger charge is -2.08. The van der Waals surface area contributed by atoms with Crippen LogP contribution in [0, 0.1) is 5.82 Å². The highest BCUT2D eigenvalue weighted by Crippen LogP contribution is 2.16. The topological polar surface area (TPSA) is 118 Å². The zero-order valence-electron chi connectivity index (χ0n) is 20.2. The molecule has 0 spiro atoms. The van der Waals surface area contributed by atoms with Gasteiger partial charge in [-0.2, -0.15) is 5.10 Å². The van der Waals surface area contributed by atoms with Crippen LogP contribution in [0.25, 0.3) is 0 Å². The summed E-state index contributed by atoms with van der Waals surface area (Å²) in [7, 11) is 0. The highest BCUT2D eigenvalue weighted by Gasteiger charge is 2.13. The number of rotatable bonds is 11. The van der Waals surface area contributed by atoms with Crippen molar-refractivity contribution < 1.29 is 28.2 Å². The van der Waals surface area contributed by atoms with Crippen molar-refractivity contribution >= 4 is 35.3 Å². The van der Waals surface area contributed by atoms with E-state index < -0.39 is 23.5 Å². The fourth-order valence-corrected chi connectivity index (χ4v) is 2.90. The zero-order chi connectivity index (χ0) is 26.5. The van der Waals surface area contributed by atoms with E-state index in [-0.39, 0.29) is 6.61 Å². The average Bonchev–Trinajstić information content (AvgIpc) is 2.90. The van der Waals surface area contributed by atoms with Crippen LogP contribution in [-0.4, -0.2) is 37.1 Å². The largest absolute Gasteiger partial charge is 0.494 e. The molecule has 0 heterocycles. The van der Waals surface area contributed by atoms with Crippen LogP contribution in [-0.2, 0) is 14.4 Å². The number of benzene rings is 3. The average molecular weight is 507 g/mol. The number of ether oxygens (including phenoxy) is 2. The Balaban J connectivity index is 1.39.